The van der Waals surface area contributed by atoms with Gasteiger partial charge in [-0.25, -0.2) is 9.59 Å². The lowest BCUT2D eigenvalue weighted by atomic mass is 9.88. The van der Waals surface area contributed by atoms with Crippen molar-refractivity contribution < 1.29 is 23.8 Å². The Hall–Kier alpha value is -3.22. The molecule has 1 saturated heterocycles. The van der Waals surface area contributed by atoms with Gasteiger partial charge < -0.3 is 19.1 Å². The summed E-state index contributed by atoms with van der Waals surface area (Å²) in [5, 5.41) is 2.90. The van der Waals surface area contributed by atoms with Crippen LogP contribution in [0.2, 0.25) is 0 Å². The number of hydrogen-bond acceptors (Lipinski definition) is 5. The summed E-state index contributed by atoms with van der Waals surface area (Å²) in [5.74, 6) is 0.841. The van der Waals surface area contributed by atoms with Crippen LogP contribution in [0.3, 0.4) is 0 Å². The van der Waals surface area contributed by atoms with E-state index in [0.29, 0.717) is 24.5 Å². The molecule has 0 radical (unpaired) electrons. The summed E-state index contributed by atoms with van der Waals surface area (Å²) in [6.07, 6.45) is 0.364. The number of nitrogens with one attached hydrogen (secondary N) is 1. The average Bonchev–Trinajstić information content (AvgIpc) is 2.78. The maximum Gasteiger partial charge on any atom is 0.412 e. The van der Waals surface area contributed by atoms with Crippen LogP contribution in [0, 0.1) is 0 Å². The summed E-state index contributed by atoms with van der Waals surface area (Å²) in [6.45, 7) is 8.63. The van der Waals surface area contributed by atoms with Crippen LogP contribution >= 0.6 is 0 Å². The van der Waals surface area contributed by atoms with Crippen LogP contribution in [-0.2, 0) is 9.47 Å². The van der Waals surface area contributed by atoms with Gasteiger partial charge in [-0.3, -0.25) is 5.32 Å². The second-order valence-corrected chi connectivity index (χ2v) is 9.28. The molecule has 0 bridgehead atoms. The minimum Gasteiger partial charge on any atom is -0.497 e. The molecule has 1 aliphatic heterocycles. The first kappa shape index (κ1) is 24.4. The molecule has 0 spiro atoms. The van der Waals surface area contributed by atoms with E-state index in [1.165, 1.54) is 0 Å². The third-order valence-electron chi connectivity index (χ3n) is 5.64. The Bertz CT molecular complexity index is 947. The Kier molecular flexibility index (Phi) is 7.84. The number of carbonyl (C=O) groups excluding carboxylic acids is 2. The smallest absolute Gasteiger partial charge is 0.412 e. The molecule has 178 valence electrons. The zero-order valence-electron chi connectivity index (χ0n) is 20.1. The Morgan fingerprint density at radius 1 is 1.06 bits per heavy atom. The number of anilines is 1. The molecule has 1 atom stereocenters. The Balaban J connectivity index is 1.67. The van der Waals surface area contributed by atoms with Crippen molar-refractivity contribution in [3.8, 4) is 5.75 Å². The van der Waals surface area contributed by atoms with Crippen LogP contribution in [0.1, 0.15) is 63.7 Å². The zero-order valence-corrected chi connectivity index (χ0v) is 20.1. The highest BCUT2D eigenvalue weighted by Crippen LogP contribution is 2.36. The molecular weight excluding hydrogens is 420 g/mol. The molecular formula is C26H34N2O5. The third-order valence-corrected chi connectivity index (χ3v) is 5.64. The number of nitrogens with zero attached hydrogens (tertiary/aromatic N) is 1. The standard InChI is InChI=1S/C26H34N2O5/c1-18(19-9-7-6-8-10-19)32-24(29)27-23-17-21(31-5)11-12-22(23)20-13-15-28(16-14-20)25(30)33-26(2,3)4/h6-12,17-18,20H,13-16H2,1-5H3,(H,27,29)/t18-/m1/s1. The van der Waals surface area contributed by atoms with Crippen molar-refractivity contribution in [2.75, 3.05) is 25.5 Å². The molecule has 0 saturated carbocycles. The summed E-state index contributed by atoms with van der Waals surface area (Å²) in [7, 11) is 1.59. The fourth-order valence-corrected chi connectivity index (χ4v) is 3.92. The molecule has 1 aliphatic rings. The summed E-state index contributed by atoms with van der Waals surface area (Å²) >= 11 is 0. The number of benzene rings is 2. The molecule has 3 rings (SSSR count). The summed E-state index contributed by atoms with van der Waals surface area (Å²) in [6, 6.07) is 15.3. The van der Waals surface area contributed by atoms with Gasteiger partial charge in [-0.15, -0.1) is 0 Å². The summed E-state index contributed by atoms with van der Waals surface area (Å²) < 4.78 is 16.4. The largest absolute Gasteiger partial charge is 0.497 e. The zero-order chi connectivity index (χ0) is 24.0. The molecule has 33 heavy (non-hydrogen) atoms. The molecule has 1 heterocycles. The van der Waals surface area contributed by atoms with E-state index in [0.717, 1.165) is 24.0 Å². The van der Waals surface area contributed by atoms with Gasteiger partial charge in [0, 0.05) is 19.2 Å². The van der Waals surface area contributed by atoms with Gasteiger partial charge in [0.05, 0.1) is 12.8 Å². The van der Waals surface area contributed by atoms with Crippen LogP contribution in [-0.4, -0.2) is 42.9 Å². The second kappa shape index (κ2) is 10.6. The van der Waals surface area contributed by atoms with E-state index in [9.17, 15) is 9.59 Å². The van der Waals surface area contributed by atoms with Gasteiger partial charge in [-0.05, 0) is 63.6 Å². The van der Waals surface area contributed by atoms with Gasteiger partial charge in [-0.1, -0.05) is 36.4 Å². The lowest BCUT2D eigenvalue weighted by Gasteiger charge is -2.34. The van der Waals surface area contributed by atoms with Gasteiger partial charge in [0.1, 0.15) is 17.5 Å². The van der Waals surface area contributed by atoms with Crippen molar-refractivity contribution in [1.29, 1.82) is 0 Å². The molecule has 7 nitrogen and oxygen atoms in total. The number of methoxy groups -OCH3 is 1. The lowest BCUT2D eigenvalue weighted by molar-refractivity contribution is 0.0205. The van der Waals surface area contributed by atoms with E-state index in [1.807, 2.05) is 76.2 Å². The predicted octanol–water partition coefficient (Wildman–Crippen LogP) is 6.12. The fraction of sp³-hybridized carbons (Fsp3) is 0.462. The number of ether oxygens (including phenoxy) is 3. The third kappa shape index (κ3) is 6.88. The molecule has 1 fully saturated rings. The number of rotatable bonds is 5. The Labute approximate surface area is 196 Å². The number of likely N-dealkylation sites (tertiary alicyclic amines) is 1. The van der Waals surface area contributed by atoms with Crippen molar-refractivity contribution in [3.05, 3.63) is 59.7 Å². The highest BCUT2D eigenvalue weighted by atomic mass is 16.6. The Morgan fingerprint density at radius 3 is 2.33 bits per heavy atom. The fourth-order valence-electron chi connectivity index (χ4n) is 3.92. The van der Waals surface area contributed by atoms with Crippen molar-refractivity contribution in [2.24, 2.45) is 0 Å². The number of hydrogen-bond donors (Lipinski definition) is 1. The quantitative estimate of drug-likeness (QED) is 0.589. The van der Waals surface area contributed by atoms with Gasteiger partial charge in [-0.2, -0.15) is 0 Å². The maximum absolute atomic E-state index is 12.7. The van der Waals surface area contributed by atoms with E-state index in [4.69, 9.17) is 14.2 Å². The first-order valence-electron chi connectivity index (χ1n) is 11.3. The highest BCUT2D eigenvalue weighted by Gasteiger charge is 2.29. The lowest BCUT2D eigenvalue weighted by Crippen LogP contribution is -2.41. The van der Waals surface area contributed by atoms with Crippen LogP contribution in [0.25, 0.3) is 0 Å². The van der Waals surface area contributed by atoms with Gasteiger partial charge >= 0.3 is 12.2 Å². The van der Waals surface area contributed by atoms with Crippen molar-refractivity contribution in [1.82, 2.24) is 4.90 Å². The topological polar surface area (TPSA) is 77.1 Å². The van der Waals surface area contributed by atoms with Gasteiger partial charge in [0.15, 0.2) is 0 Å². The Morgan fingerprint density at radius 2 is 1.73 bits per heavy atom. The van der Waals surface area contributed by atoms with E-state index in [1.54, 1.807) is 12.0 Å². The van der Waals surface area contributed by atoms with Crippen molar-refractivity contribution in [2.45, 2.75) is 58.2 Å². The first-order chi connectivity index (χ1) is 15.7. The SMILES string of the molecule is COc1ccc(C2CCN(C(=O)OC(C)(C)C)CC2)c(NC(=O)O[C@H](C)c2ccccc2)c1. The number of amides is 2. The summed E-state index contributed by atoms with van der Waals surface area (Å²) in [5.41, 5.74) is 2.07. The molecule has 0 unspecified atom stereocenters. The highest BCUT2D eigenvalue weighted by molar-refractivity contribution is 5.86. The molecule has 2 aromatic carbocycles. The van der Waals surface area contributed by atoms with E-state index in [-0.39, 0.29) is 18.1 Å². The van der Waals surface area contributed by atoms with E-state index < -0.39 is 11.7 Å². The monoisotopic (exact) mass is 454 g/mol. The minimum absolute atomic E-state index is 0.191. The predicted molar refractivity (Wildman–Crippen MR) is 128 cm³/mol. The second-order valence-electron chi connectivity index (χ2n) is 9.28. The summed E-state index contributed by atoms with van der Waals surface area (Å²) in [4.78, 5) is 26.8. The molecule has 7 heteroatoms. The maximum atomic E-state index is 12.7. The first-order valence-corrected chi connectivity index (χ1v) is 11.3. The molecule has 2 aromatic rings. The molecule has 2 amide bonds. The molecule has 0 aromatic heterocycles. The van der Waals surface area contributed by atoms with E-state index in [2.05, 4.69) is 5.32 Å². The minimum atomic E-state index is -0.521. The molecule has 0 aliphatic carbocycles. The normalized spacial score (nSPS) is 15.5. The van der Waals surface area contributed by atoms with Crippen molar-refractivity contribution >= 4 is 17.9 Å². The van der Waals surface area contributed by atoms with Crippen LogP contribution < -0.4 is 10.1 Å². The van der Waals surface area contributed by atoms with Crippen LogP contribution in [0.4, 0.5) is 15.3 Å². The average molecular weight is 455 g/mol. The van der Waals surface area contributed by atoms with E-state index >= 15 is 0 Å². The van der Waals surface area contributed by atoms with Crippen molar-refractivity contribution in [3.63, 3.8) is 0 Å². The number of carbonyl (C=O) groups is 2. The van der Waals surface area contributed by atoms with Gasteiger partial charge in [0.25, 0.3) is 0 Å². The number of piperidine rings is 1. The van der Waals surface area contributed by atoms with Crippen LogP contribution in [0.5, 0.6) is 5.75 Å². The van der Waals surface area contributed by atoms with Gasteiger partial charge in [0.2, 0.25) is 0 Å². The molecule has 1 N–H and O–H groups in total. The van der Waals surface area contributed by atoms with Crippen LogP contribution in [0.15, 0.2) is 48.5 Å².